The number of hydrogen-bond donors (Lipinski definition) is 0. The first-order valence-corrected chi connectivity index (χ1v) is 8.97. The fraction of sp³-hybridized carbons (Fsp3) is 0.348. The molecule has 0 bridgehead atoms. The molecule has 4 unspecified atom stereocenters. The topological polar surface area (TPSA) is 0 Å². The lowest BCUT2D eigenvalue weighted by Gasteiger charge is -2.25. The van der Waals surface area contributed by atoms with Crippen LogP contribution in [0.3, 0.4) is 0 Å². The Morgan fingerprint density at radius 1 is 0.957 bits per heavy atom. The van der Waals surface area contributed by atoms with E-state index in [2.05, 4.69) is 80.1 Å². The Hall–Kier alpha value is -1.82. The van der Waals surface area contributed by atoms with E-state index < -0.39 is 0 Å². The molecule has 2 radical (unpaired) electrons. The lowest BCUT2D eigenvalue weighted by molar-refractivity contribution is 0.360. The molecule has 0 nitrogen and oxygen atoms in total. The maximum atomic E-state index is 3.92. The minimum Gasteiger partial charge on any atom is -0.0805 e. The smallest absolute Gasteiger partial charge is 0.000856 e. The van der Waals surface area contributed by atoms with E-state index in [4.69, 9.17) is 0 Å². The highest BCUT2D eigenvalue weighted by molar-refractivity contribution is 5.86. The van der Waals surface area contributed by atoms with Crippen molar-refractivity contribution in [2.75, 3.05) is 0 Å². The van der Waals surface area contributed by atoms with Gasteiger partial charge < -0.3 is 0 Å². The molecular weight excluding hydrogens is 276 g/mol. The van der Waals surface area contributed by atoms with Crippen LogP contribution in [0, 0.1) is 24.2 Å². The Balaban J connectivity index is 1.75. The van der Waals surface area contributed by atoms with Crippen LogP contribution in [-0.2, 0) is 0 Å². The largest absolute Gasteiger partial charge is 0.0805 e. The zero-order valence-electron chi connectivity index (χ0n) is 13.8. The van der Waals surface area contributed by atoms with E-state index in [1.807, 2.05) is 0 Å². The Morgan fingerprint density at radius 2 is 1.78 bits per heavy atom. The lowest BCUT2D eigenvalue weighted by Crippen LogP contribution is -2.16. The van der Waals surface area contributed by atoms with Crippen LogP contribution in [0.15, 0.2) is 66.8 Å². The molecule has 0 N–H and O–H groups in total. The molecule has 4 atom stereocenters. The Bertz CT molecular complexity index is 731. The van der Waals surface area contributed by atoms with Gasteiger partial charge in [-0.15, -0.1) is 0 Å². The second-order valence-corrected chi connectivity index (χ2v) is 6.89. The van der Waals surface area contributed by atoms with Crippen molar-refractivity contribution in [3.8, 4) is 0 Å². The summed E-state index contributed by atoms with van der Waals surface area (Å²) in [5.74, 6) is 2.27. The van der Waals surface area contributed by atoms with Crippen LogP contribution in [0.1, 0.15) is 37.7 Å². The van der Waals surface area contributed by atoms with E-state index in [0.717, 1.165) is 0 Å². The normalized spacial score (nSPS) is 29.1. The van der Waals surface area contributed by atoms with Crippen molar-refractivity contribution in [1.29, 1.82) is 0 Å². The van der Waals surface area contributed by atoms with Gasteiger partial charge in [0.2, 0.25) is 0 Å². The van der Waals surface area contributed by atoms with Crippen molar-refractivity contribution < 1.29 is 0 Å². The van der Waals surface area contributed by atoms with Gasteiger partial charge in [-0.3, -0.25) is 0 Å². The van der Waals surface area contributed by atoms with Crippen LogP contribution < -0.4 is 0 Å². The van der Waals surface area contributed by atoms with Crippen LogP contribution in [0.25, 0.3) is 10.8 Å². The summed E-state index contributed by atoms with van der Waals surface area (Å²) in [5.41, 5.74) is 1.47. The highest BCUT2D eigenvalue weighted by atomic mass is 14.5. The van der Waals surface area contributed by atoms with Crippen LogP contribution in [0.2, 0.25) is 0 Å². The third-order valence-corrected chi connectivity index (χ3v) is 5.52. The van der Waals surface area contributed by atoms with Gasteiger partial charge in [0.15, 0.2) is 0 Å². The summed E-state index contributed by atoms with van der Waals surface area (Å²) >= 11 is 0. The molecule has 23 heavy (non-hydrogen) atoms. The standard InChI is InChI=1S/C23H24/c1-2-3-12-21-20-14-7-5-10-18(20)16-23(21)22-15-8-11-17-9-4-6-13-19(17)22/h4-11,13-15,18,20-21,23H,2-3,12H2,1H3. The van der Waals surface area contributed by atoms with Gasteiger partial charge in [-0.2, -0.15) is 0 Å². The number of unbranched alkanes of at least 4 members (excludes halogenated alkanes) is 1. The molecule has 0 heterocycles. The van der Waals surface area contributed by atoms with E-state index in [9.17, 15) is 0 Å². The molecule has 0 aromatic heterocycles. The third kappa shape index (κ3) is 2.65. The number of rotatable bonds is 4. The molecule has 1 fully saturated rings. The molecule has 4 rings (SSSR count). The predicted molar refractivity (Wildman–Crippen MR) is 98.2 cm³/mol. The summed E-state index contributed by atoms with van der Waals surface area (Å²) in [5, 5.41) is 2.75. The second kappa shape index (κ2) is 6.35. The summed E-state index contributed by atoms with van der Waals surface area (Å²) in [6, 6.07) is 15.6. The zero-order valence-corrected chi connectivity index (χ0v) is 13.8. The molecule has 0 heteroatoms. The molecule has 2 aliphatic rings. The molecule has 0 aliphatic heterocycles. The molecule has 2 aliphatic carbocycles. The fourth-order valence-corrected chi connectivity index (χ4v) is 4.39. The maximum Gasteiger partial charge on any atom is -0.000856 e. The van der Waals surface area contributed by atoms with Crippen molar-refractivity contribution in [1.82, 2.24) is 0 Å². The Morgan fingerprint density at radius 3 is 2.70 bits per heavy atom. The van der Waals surface area contributed by atoms with Crippen LogP contribution in [-0.4, -0.2) is 0 Å². The number of hydrogen-bond acceptors (Lipinski definition) is 0. The van der Waals surface area contributed by atoms with Gasteiger partial charge in [0.25, 0.3) is 0 Å². The second-order valence-electron chi connectivity index (χ2n) is 6.89. The highest BCUT2D eigenvalue weighted by Gasteiger charge is 2.42. The van der Waals surface area contributed by atoms with Gasteiger partial charge >= 0.3 is 0 Å². The first-order valence-electron chi connectivity index (χ1n) is 8.97. The van der Waals surface area contributed by atoms with Crippen molar-refractivity contribution in [3.63, 3.8) is 0 Å². The summed E-state index contributed by atoms with van der Waals surface area (Å²) in [6.07, 6.45) is 17.0. The number of benzene rings is 2. The summed E-state index contributed by atoms with van der Waals surface area (Å²) < 4.78 is 0. The molecule has 116 valence electrons. The maximum absolute atomic E-state index is 3.92. The highest BCUT2D eigenvalue weighted by Crippen LogP contribution is 2.51. The van der Waals surface area contributed by atoms with Gasteiger partial charge in [0, 0.05) is 0 Å². The van der Waals surface area contributed by atoms with E-state index in [-0.39, 0.29) is 0 Å². The van der Waals surface area contributed by atoms with Crippen molar-refractivity contribution >= 4 is 10.8 Å². The number of allylic oxidation sites excluding steroid dienone is 4. The molecule has 2 aromatic carbocycles. The monoisotopic (exact) mass is 300 g/mol. The average molecular weight is 300 g/mol. The minimum atomic E-state index is 0.454. The predicted octanol–water partition coefficient (Wildman–Crippen LogP) is 6.18. The summed E-state index contributed by atoms with van der Waals surface area (Å²) in [7, 11) is 0. The molecule has 1 saturated carbocycles. The van der Waals surface area contributed by atoms with Crippen LogP contribution >= 0.6 is 0 Å². The van der Waals surface area contributed by atoms with E-state index in [1.54, 1.807) is 0 Å². The molecule has 2 aromatic rings. The van der Waals surface area contributed by atoms with Gasteiger partial charge in [-0.25, -0.2) is 0 Å². The number of fused-ring (bicyclic) bond motifs is 2. The van der Waals surface area contributed by atoms with E-state index in [0.29, 0.717) is 23.7 Å². The van der Waals surface area contributed by atoms with Crippen LogP contribution in [0.5, 0.6) is 0 Å². The van der Waals surface area contributed by atoms with Crippen molar-refractivity contribution in [2.45, 2.75) is 32.1 Å². The van der Waals surface area contributed by atoms with Crippen molar-refractivity contribution in [3.05, 3.63) is 78.8 Å². The lowest BCUT2D eigenvalue weighted by atomic mass is 9.79. The third-order valence-electron chi connectivity index (χ3n) is 5.52. The molecule has 0 spiro atoms. The Kier molecular flexibility index (Phi) is 4.08. The minimum absolute atomic E-state index is 0.454. The van der Waals surface area contributed by atoms with Gasteiger partial charge in [-0.1, -0.05) is 86.5 Å². The van der Waals surface area contributed by atoms with Gasteiger partial charge in [0.1, 0.15) is 0 Å². The quantitative estimate of drug-likeness (QED) is 0.632. The van der Waals surface area contributed by atoms with Crippen molar-refractivity contribution in [2.24, 2.45) is 17.8 Å². The van der Waals surface area contributed by atoms with E-state index >= 15 is 0 Å². The van der Waals surface area contributed by atoms with Gasteiger partial charge in [-0.05, 0) is 52.8 Å². The molecule has 0 saturated heterocycles. The zero-order chi connectivity index (χ0) is 15.6. The molecule has 0 amide bonds. The van der Waals surface area contributed by atoms with Crippen LogP contribution in [0.4, 0.5) is 0 Å². The average Bonchev–Trinajstić information content (AvgIpc) is 2.98. The first kappa shape index (κ1) is 14.8. The summed E-state index contributed by atoms with van der Waals surface area (Å²) in [4.78, 5) is 0. The fourth-order valence-electron chi connectivity index (χ4n) is 4.39. The SMILES string of the molecule is CCCCC1C(c2cccc3ccccc23)[C]C2C=CC=CC21. The van der Waals surface area contributed by atoms with Gasteiger partial charge in [0.05, 0.1) is 0 Å². The molecular formula is C23H24. The van der Waals surface area contributed by atoms with E-state index in [1.165, 1.54) is 35.6 Å². The first-order chi connectivity index (χ1) is 11.4. The summed E-state index contributed by atoms with van der Waals surface area (Å²) in [6.45, 7) is 2.30. The Labute approximate surface area is 139 Å².